The zero-order chi connectivity index (χ0) is 17.3. The lowest BCUT2D eigenvalue weighted by Crippen LogP contribution is -2.21. The molecule has 0 atom stereocenters. The fourth-order valence-corrected chi connectivity index (χ4v) is 3.65. The summed E-state index contributed by atoms with van der Waals surface area (Å²) in [6, 6.07) is 4.76. The van der Waals surface area contributed by atoms with Crippen molar-refractivity contribution in [3.63, 3.8) is 0 Å². The van der Waals surface area contributed by atoms with Gasteiger partial charge in [-0.25, -0.2) is 0 Å². The van der Waals surface area contributed by atoms with Crippen LogP contribution in [0.5, 0.6) is 0 Å². The van der Waals surface area contributed by atoms with Gasteiger partial charge in [0.2, 0.25) is 0 Å². The molecule has 0 aliphatic carbocycles. The van der Waals surface area contributed by atoms with Gasteiger partial charge in [0.25, 0.3) is 5.69 Å². The van der Waals surface area contributed by atoms with Crippen molar-refractivity contribution in [2.24, 2.45) is 0 Å². The number of nitro groups is 1. The lowest BCUT2D eigenvalue weighted by atomic mass is 10.1. The Kier molecular flexibility index (Phi) is 4.41. The summed E-state index contributed by atoms with van der Waals surface area (Å²) in [5, 5.41) is 15.4. The van der Waals surface area contributed by atoms with Crippen LogP contribution in [0, 0.1) is 10.1 Å². The minimum atomic E-state index is -0.450. The minimum absolute atomic E-state index is 0.0519. The van der Waals surface area contributed by atoms with Crippen molar-refractivity contribution in [3.05, 3.63) is 50.9 Å². The Labute approximate surface area is 141 Å². The van der Waals surface area contributed by atoms with Crippen LogP contribution in [0.1, 0.15) is 0 Å². The Balaban J connectivity index is 2.26. The number of nitrogens with one attached hydrogen (secondary N) is 1. The van der Waals surface area contributed by atoms with Gasteiger partial charge in [-0.05, 0) is 26.2 Å². The second kappa shape index (κ2) is 6.50. The molecule has 1 aromatic carbocycles. The average molecular weight is 344 g/mol. The van der Waals surface area contributed by atoms with Crippen molar-refractivity contribution in [1.82, 2.24) is 9.88 Å². The van der Waals surface area contributed by atoms with Crippen molar-refractivity contribution < 1.29 is 4.92 Å². The molecule has 3 aromatic rings. The third-order valence-electron chi connectivity index (χ3n) is 3.67. The van der Waals surface area contributed by atoms with Crippen LogP contribution in [0.2, 0.25) is 0 Å². The van der Waals surface area contributed by atoms with Gasteiger partial charge in [-0.3, -0.25) is 19.9 Å². The third kappa shape index (κ3) is 2.93. The molecule has 3 rings (SSSR count). The highest BCUT2D eigenvalue weighted by Crippen LogP contribution is 2.35. The van der Waals surface area contributed by atoms with E-state index in [4.69, 9.17) is 0 Å². The molecular weight excluding hydrogens is 328 g/mol. The first-order chi connectivity index (χ1) is 11.5. The number of nitrogens with zero attached hydrogens (tertiary/aromatic N) is 3. The number of anilines is 1. The summed E-state index contributed by atoms with van der Waals surface area (Å²) < 4.78 is 1.08. The van der Waals surface area contributed by atoms with Crippen molar-refractivity contribution in [3.8, 4) is 0 Å². The first-order valence-corrected chi connectivity index (χ1v) is 8.17. The SMILES string of the molecule is CN(C)CCNc1ccc([N+](=O)[O-])c2sc3ccncc3c(=O)c12. The standard InChI is InChI=1S/C16H16N4O3S/c1-19(2)8-7-18-11-3-4-12(20(22)23)16-14(11)15(21)10-9-17-6-5-13(10)24-16/h3-6,9,18H,7-8H2,1-2H3. The Morgan fingerprint density at radius 2 is 2.12 bits per heavy atom. The molecule has 0 fully saturated rings. The summed E-state index contributed by atoms with van der Waals surface area (Å²) in [6.45, 7) is 1.42. The van der Waals surface area contributed by atoms with E-state index in [1.54, 1.807) is 18.3 Å². The van der Waals surface area contributed by atoms with Gasteiger partial charge in [0.15, 0.2) is 5.43 Å². The molecule has 0 saturated heterocycles. The van der Waals surface area contributed by atoms with Crippen LogP contribution in [0.15, 0.2) is 35.4 Å². The van der Waals surface area contributed by atoms with E-state index in [1.165, 1.54) is 23.6 Å². The molecule has 0 spiro atoms. The monoisotopic (exact) mass is 344 g/mol. The summed E-state index contributed by atoms with van der Waals surface area (Å²) in [5.74, 6) is 0. The Hall–Kier alpha value is -2.58. The van der Waals surface area contributed by atoms with Gasteiger partial charge >= 0.3 is 0 Å². The maximum absolute atomic E-state index is 12.9. The quantitative estimate of drug-likeness (QED) is 0.435. The lowest BCUT2D eigenvalue weighted by molar-refractivity contribution is -0.382. The first-order valence-electron chi connectivity index (χ1n) is 7.35. The molecule has 1 N–H and O–H groups in total. The molecule has 0 bridgehead atoms. The van der Waals surface area contributed by atoms with Crippen LogP contribution < -0.4 is 10.7 Å². The largest absolute Gasteiger partial charge is 0.383 e. The highest BCUT2D eigenvalue weighted by molar-refractivity contribution is 7.25. The summed E-state index contributed by atoms with van der Waals surface area (Å²) in [7, 11) is 3.91. The molecule has 0 radical (unpaired) electrons. The van der Waals surface area contributed by atoms with E-state index >= 15 is 0 Å². The van der Waals surface area contributed by atoms with E-state index in [0.29, 0.717) is 32.4 Å². The molecule has 0 aliphatic heterocycles. The van der Waals surface area contributed by atoms with E-state index in [2.05, 4.69) is 10.3 Å². The Morgan fingerprint density at radius 1 is 1.33 bits per heavy atom. The summed E-state index contributed by atoms with van der Waals surface area (Å²) in [6.07, 6.45) is 3.09. The van der Waals surface area contributed by atoms with Crippen molar-refractivity contribution in [2.45, 2.75) is 0 Å². The number of likely N-dealkylation sites (N-methyl/N-ethyl adjacent to an activating group) is 1. The molecule has 0 saturated carbocycles. The number of aromatic nitrogens is 1. The number of non-ortho nitro benzene ring substituents is 1. The fourth-order valence-electron chi connectivity index (χ4n) is 2.49. The third-order valence-corrected chi connectivity index (χ3v) is 4.87. The number of hydrogen-bond donors (Lipinski definition) is 1. The van der Waals surface area contributed by atoms with Crippen LogP contribution in [0.4, 0.5) is 11.4 Å². The molecule has 0 aliphatic rings. The molecule has 124 valence electrons. The lowest BCUT2D eigenvalue weighted by Gasteiger charge is -2.13. The van der Waals surface area contributed by atoms with Crippen molar-refractivity contribution in [2.75, 3.05) is 32.5 Å². The second-order valence-corrected chi connectivity index (χ2v) is 6.68. The fraction of sp³-hybridized carbons (Fsp3) is 0.250. The summed E-state index contributed by atoms with van der Waals surface area (Å²) in [4.78, 5) is 29.8. The van der Waals surface area contributed by atoms with Gasteiger partial charge in [-0.2, -0.15) is 0 Å². The maximum Gasteiger partial charge on any atom is 0.287 e. The van der Waals surface area contributed by atoms with E-state index in [-0.39, 0.29) is 11.1 Å². The van der Waals surface area contributed by atoms with E-state index < -0.39 is 4.92 Å². The zero-order valence-electron chi connectivity index (χ0n) is 13.3. The average Bonchev–Trinajstić information content (AvgIpc) is 2.54. The summed E-state index contributed by atoms with van der Waals surface area (Å²) in [5.41, 5.74) is 0.330. The normalized spacial score (nSPS) is 11.3. The number of hydrogen-bond acceptors (Lipinski definition) is 7. The van der Waals surface area contributed by atoms with E-state index in [0.717, 1.165) is 6.54 Å². The topological polar surface area (TPSA) is 88.4 Å². The number of fused-ring (bicyclic) bond motifs is 2. The van der Waals surface area contributed by atoms with Crippen molar-refractivity contribution >= 4 is 42.9 Å². The molecule has 24 heavy (non-hydrogen) atoms. The summed E-state index contributed by atoms with van der Waals surface area (Å²) >= 11 is 1.24. The van der Waals surface area contributed by atoms with Crippen LogP contribution in [-0.4, -0.2) is 42.0 Å². The highest BCUT2D eigenvalue weighted by atomic mass is 32.1. The van der Waals surface area contributed by atoms with Crippen LogP contribution in [0.25, 0.3) is 20.2 Å². The minimum Gasteiger partial charge on any atom is -0.383 e. The Bertz CT molecular complexity index is 984. The van der Waals surface area contributed by atoms with Crippen LogP contribution >= 0.6 is 11.3 Å². The second-order valence-electron chi connectivity index (χ2n) is 5.63. The van der Waals surface area contributed by atoms with Gasteiger partial charge in [0.05, 0.1) is 15.7 Å². The van der Waals surface area contributed by atoms with Gasteiger partial charge in [-0.15, -0.1) is 11.3 Å². The van der Waals surface area contributed by atoms with Crippen LogP contribution in [-0.2, 0) is 0 Å². The molecule has 2 aromatic heterocycles. The van der Waals surface area contributed by atoms with Crippen molar-refractivity contribution in [1.29, 1.82) is 0 Å². The first kappa shape index (κ1) is 16.3. The predicted molar refractivity (Wildman–Crippen MR) is 97.1 cm³/mol. The van der Waals surface area contributed by atoms with Gasteiger partial charge in [-0.1, -0.05) is 0 Å². The number of pyridine rings is 1. The van der Waals surface area contributed by atoms with Gasteiger partial charge in [0.1, 0.15) is 4.70 Å². The van der Waals surface area contributed by atoms with Gasteiger partial charge in [0, 0.05) is 41.9 Å². The molecule has 8 heteroatoms. The number of benzene rings is 1. The zero-order valence-corrected chi connectivity index (χ0v) is 14.1. The number of rotatable bonds is 5. The highest BCUT2D eigenvalue weighted by Gasteiger charge is 2.19. The van der Waals surface area contributed by atoms with Crippen LogP contribution in [0.3, 0.4) is 0 Å². The molecular formula is C16H16N4O3S. The molecule has 0 unspecified atom stereocenters. The Morgan fingerprint density at radius 3 is 2.83 bits per heavy atom. The molecule has 0 amide bonds. The van der Waals surface area contributed by atoms with Gasteiger partial charge < -0.3 is 10.2 Å². The molecule has 7 nitrogen and oxygen atoms in total. The smallest absolute Gasteiger partial charge is 0.287 e. The van der Waals surface area contributed by atoms with E-state index in [9.17, 15) is 14.9 Å². The maximum atomic E-state index is 12.9. The molecule has 2 heterocycles. The van der Waals surface area contributed by atoms with E-state index in [1.807, 2.05) is 19.0 Å². The number of nitro benzene ring substituents is 1. The predicted octanol–water partition coefficient (Wildman–Crippen LogP) is 2.69.